The SMILES string of the molecule is CC(C)c1cc(C(=S)Nc2ccc(CN3CCCCC3)cc2)c(O)cc1O.CC(C)c1cc(C(=S)S)c(O)cc1O.Nc1ccc(CN2CCCCC2)cc1. The lowest BCUT2D eigenvalue weighted by Crippen LogP contribution is -2.29. The van der Waals surface area contributed by atoms with Crippen LogP contribution < -0.4 is 11.1 Å². The maximum absolute atomic E-state index is 10.2. The monoisotopic (exact) mass is 802 g/mol. The molecule has 4 aromatic carbocycles. The van der Waals surface area contributed by atoms with Crippen LogP contribution in [-0.2, 0) is 13.1 Å². The molecular weight excluding hydrogens is 745 g/mol. The summed E-state index contributed by atoms with van der Waals surface area (Å²) in [6.45, 7) is 14.8. The summed E-state index contributed by atoms with van der Waals surface area (Å²) < 4.78 is 0.324. The lowest BCUT2D eigenvalue weighted by Gasteiger charge is -2.26. The quantitative estimate of drug-likeness (QED) is 0.0500. The van der Waals surface area contributed by atoms with Crippen molar-refractivity contribution in [3.8, 4) is 23.0 Å². The van der Waals surface area contributed by atoms with E-state index in [0.717, 1.165) is 35.6 Å². The molecule has 2 fully saturated rings. The molecule has 4 aromatic rings. The number of phenols is 4. The Kier molecular flexibility index (Phi) is 17.1. The number of nitrogens with two attached hydrogens (primary N) is 1. The van der Waals surface area contributed by atoms with Gasteiger partial charge >= 0.3 is 0 Å². The topological polar surface area (TPSA) is 125 Å². The number of anilines is 2. The van der Waals surface area contributed by atoms with Crippen molar-refractivity contribution in [1.82, 2.24) is 9.80 Å². The van der Waals surface area contributed by atoms with E-state index in [4.69, 9.17) is 30.2 Å². The van der Waals surface area contributed by atoms with Crippen molar-refractivity contribution in [2.45, 2.75) is 91.1 Å². The lowest BCUT2D eigenvalue weighted by atomic mass is 9.99. The van der Waals surface area contributed by atoms with Crippen LogP contribution in [0.1, 0.15) is 111 Å². The van der Waals surface area contributed by atoms with Gasteiger partial charge in [0.2, 0.25) is 0 Å². The van der Waals surface area contributed by atoms with E-state index in [-0.39, 0.29) is 34.8 Å². The molecule has 0 unspecified atom stereocenters. The average molecular weight is 803 g/mol. The summed E-state index contributed by atoms with van der Waals surface area (Å²) >= 11 is 14.3. The summed E-state index contributed by atoms with van der Waals surface area (Å²) in [6.07, 6.45) is 8.05. The Morgan fingerprint density at radius 2 is 1.02 bits per heavy atom. The molecule has 0 aliphatic carbocycles. The van der Waals surface area contributed by atoms with Crippen LogP contribution in [0.4, 0.5) is 11.4 Å². The number of rotatable bonds is 9. The number of likely N-dealkylation sites (tertiary alicyclic amines) is 2. The molecule has 0 spiro atoms. The maximum atomic E-state index is 10.2. The largest absolute Gasteiger partial charge is 0.508 e. The molecule has 0 aromatic heterocycles. The van der Waals surface area contributed by atoms with Gasteiger partial charge in [0.25, 0.3) is 0 Å². The lowest BCUT2D eigenvalue weighted by molar-refractivity contribution is 0.221. The summed E-state index contributed by atoms with van der Waals surface area (Å²) in [5.41, 5.74) is 12.6. The fraction of sp³-hybridized carbons (Fsp3) is 0.409. The number of nitrogens with zero attached hydrogens (tertiary/aromatic N) is 2. The van der Waals surface area contributed by atoms with Crippen LogP contribution >= 0.6 is 37.1 Å². The third-order valence-electron chi connectivity index (χ3n) is 9.91. The van der Waals surface area contributed by atoms with Gasteiger partial charge in [-0.05, 0) is 122 Å². The fourth-order valence-electron chi connectivity index (χ4n) is 6.73. The van der Waals surface area contributed by atoms with Gasteiger partial charge in [0.15, 0.2) is 0 Å². The number of benzene rings is 4. The van der Waals surface area contributed by atoms with Gasteiger partial charge in [0.05, 0.1) is 9.76 Å². The molecule has 6 rings (SSSR count). The first kappa shape index (κ1) is 43.9. The van der Waals surface area contributed by atoms with Crippen LogP contribution in [0.15, 0.2) is 72.8 Å². The van der Waals surface area contributed by atoms with Crippen LogP contribution in [0, 0.1) is 0 Å². The average Bonchev–Trinajstić information content (AvgIpc) is 3.14. The normalized spacial score (nSPS) is 14.7. The van der Waals surface area contributed by atoms with Crippen molar-refractivity contribution in [2.75, 3.05) is 37.2 Å². The summed E-state index contributed by atoms with van der Waals surface area (Å²) in [5, 5.41) is 42.4. The number of piperidine rings is 2. The Hall–Kier alpha value is -3.87. The first-order valence-corrected chi connectivity index (χ1v) is 20.5. The minimum atomic E-state index is -0.0353. The second-order valence-corrected chi connectivity index (χ2v) is 16.6. The van der Waals surface area contributed by atoms with Gasteiger partial charge in [-0.1, -0.05) is 89.2 Å². The van der Waals surface area contributed by atoms with Crippen LogP contribution in [0.5, 0.6) is 23.0 Å². The van der Waals surface area contributed by atoms with Gasteiger partial charge < -0.3 is 31.5 Å². The van der Waals surface area contributed by atoms with Crippen LogP contribution in [-0.4, -0.2) is 65.6 Å². The van der Waals surface area contributed by atoms with E-state index in [1.807, 2.05) is 52.0 Å². The van der Waals surface area contributed by atoms with Crippen molar-refractivity contribution in [2.24, 2.45) is 0 Å². The van der Waals surface area contributed by atoms with E-state index in [9.17, 15) is 20.4 Å². The zero-order chi connectivity index (χ0) is 40.1. The number of hydrogen-bond acceptors (Lipinski definition) is 9. The standard InChI is InChI=1S/C22H28N2O2S.C12H18N2.C10H12O2S2/c1-15(2)18-12-19(21(26)13-20(18)25)22(27)23-17-8-6-16(7-9-17)14-24-10-4-3-5-11-24;13-12-6-4-11(5-7-12)10-14-8-2-1-3-9-14;1-5(2)6-3-7(10(13)14)9(12)4-8(6)11/h6-9,12-13,15,25-26H,3-5,10-11,14H2,1-2H3,(H,23,27);4-7H,1-3,8-10,13H2;3-5,11-12H,1-2H3,(H,13,14). The number of nitrogen functional groups attached to an aromatic ring is 1. The van der Waals surface area contributed by atoms with Crippen LogP contribution in [0.25, 0.3) is 0 Å². The highest BCUT2D eigenvalue weighted by atomic mass is 32.1. The van der Waals surface area contributed by atoms with Gasteiger partial charge in [0, 0.05) is 42.2 Å². The molecule has 0 atom stereocenters. The Balaban J connectivity index is 0.000000202. The van der Waals surface area contributed by atoms with E-state index in [1.54, 1.807) is 12.1 Å². The molecule has 8 nitrogen and oxygen atoms in total. The van der Waals surface area contributed by atoms with Crippen molar-refractivity contribution in [1.29, 1.82) is 0 Å². The molecule has 0 saturated carbocycles. The van der Waals surface area contributed by atoms with E-state index in [1.165, 1.54) is 88.0 Å². The summed E-state index contributed by atoms with van der Waals surface area (Å²) in [6, 6.07) is 22.6. The molecule has 2 saturated heterocycles. The molecule has 11 heteroatoms. The molecule has 0 radical (unpaired) electrons. The Labute approximate surface area is 343 Å². The second-order valence-electron chi connectivity index (χ2n) is 15.0. The van der Waals surface area contributed by atoms with Crippen molar-refractivity contribution in [3.05, 3.63) is 106 Å². The number of thiol groups is 1. The number of hydrogen-bond donors (Lipinski definition) is 7. The van der Waals surface area contributed by atoms with E-state index < -0.39 is 0 Å². The summed E-state index contributed by atoms with van der Waals surface area (Å²) in [5.74, 6) is 0.447. The Morgan fingerprint density at radius 1 is 0.618 bits per heavy atom. The first-order valence-electron chi connectivity index (χ1n) is 19.3. The molecular formula is C44H58N4O4S3. The van der Waals surface area contributed by atoms with Gasteiger partial charge in [-0.3, -0.25) is 9.80 Å². The van der Waals surface area contributed by atoms with E-state index in [2.05, 4.69) is 52.0 Å². The zero-order valence-electron chi connectivity index (χ0n) is 32.6. The van der Waals surface area contributed by atoms with Crippen molar-refractivity contribution < 1.29 is 20.4 Å². The Bertz CT molecular complexity index is 1850. The number of phenolic OH excluding ortho intramolecular Hbond substituents is 4. The second kappa shape index (κ2) is 21.4. The minimum absolute atomic E-state index is 0.0175. The smallest absolute Gasteiger partial charge is 0.129 e. The molecule has 2 aliphatic heterocycles. The number of thiocarbonyl (C=S) groups is 2. The van der Waals surface area contributed by atoms with Gasteiger partial charge in [-0.25, -0.2) is 0 Å². The minimum Gasteiger partial charge on any atom is -0.508 e. The van der Waals surface area contributed by atoms with E-state index in [0.29, 0.717) is 20.3 Å². The molecule has 2 heterocycles. The molecule has 0 amide bonds. The van der Waals surface area contributed by atoms with Crippen LogP contribution in [0.2, 0.25) is 0 Å². The van der Waals surface area contributed by atoms with Gasteiger partial charge in [-0.2, -0.15) is 0 Å². The maximum Gasteiger partial charge on any atom is 0.129 e. The highest BCUT2D eigenvalue weighted by molar-refractivity contribution is 8.11. The zero-order valence-corrected chi connectivity index (χ0v) is 35.1. The van der Waals surface area contributed by atoms with Gasteiger partial charge in [-0.15, -0.1) is 12.6 Å². The predicted molar refractivity (Wildman–Crippen MR) is 239 cm³/mol. The third-order valence-corrected chi connectivity index (χ3v) is 10.7. The Morgan fingerprint density at radius 3 is 1.44 bits per heavy atom. The van der Waals surface area contributed by atoms with Crippen molar-refractivity contribution >= 4 is 57.6 Å². The third kappa shape index (κ3) is 13.7. The molecule has 7 N–H and O–H groups in total. The van der Waals surface area contributed by atoms with E-state index >= 15 is 0 Å². The van der Waals surface area contributed by atoms with Crippen LogP contribution in [0.3, 0.4) is 0 Å². The fourth-order valence-corrected chi connectivity index (χ4v) is 7.36. The molecule has 0 bridgehead atoms. The number of aromatic hydroxyl groups is 4. The first-order chi connectivity index (χ1) is 26.2. The van der Waals surface area contributed by atoms with Gasteiger partial charge in [0.1, 0.15) is 28.0 Å². The summed E-state index contributed by atoms with van der Waals surface area (Å²) in [7, 11) is 0. The van der Waals surface area contributed by atoms with Crippen molar-refractivity contribution in [3.63, 3.8) is 0 Å². The highest BCUT2D eigenvalue weighted by Crippen LogP contribution is 2.34. The molecule has 2 aliphatic rings. The molecule has 55 heavy (non-hydrogen) atoms. The molecule has 296 valence electrons. The summed E-state index contributed by atoms with van der Waals surface area (Å²) in [4.78, 5) is 5.46. The predicted octanol–water partition coefficient (Wildman–Crippen LogP) is 10.1. The highest BCUT2D eigenvalue weighted by Gasteiger charge is 2.16. The number of nitrogens with one attached hydrogen (secondary N) is 1.